The molecular weight excluding hydrogens is 444 g/mol. The molecule has 0 atom stereocenters. The molecule has 0 unspecified atom stereocenters. The average Bonchev–Trinajstić information content (AvgIpc) is 3.15. The molecule has 2 aromatic carbocycles. The highest BCUT2D eigenvalue weighted by Gasteiger charge is 2.42. The number of hydrogen-bond donors (Lipinski definition) is 3. The van der Waals surface area contributed by atoms with E-state index in [1.54, 1.807) is 13.8 Å². The number of aliphatic carboxylic acids is 1. The van der Waals surface area contributed by atoms with Gasteiger partial charge in [0.15, 0.2) is 0 Å². The molecule has 186 valence electrons. The Balaban J connectivity index is 1.42. The van der Waals surface area contributed by atoms with Crippen LogP contribution in [0.4, 0.5) is 4.79 Å². The fraction of sp³-hybridized carbons (Fsp3) is 0.464. The van der Waals surface area contributed by atoms with Crippen LogP contribution in [0.2, 0.25) is 0 Å². The fourth-order valence-corrected chi connectivity index (χ4v) is 5.35. The van der Waals surface area contributed by atoms with Gasteiger partial charge in [-0.1, -0.05) is 81.6 Å². The van der Waals surface area contributed by atoms with Crippen molar-refractivity contribution in [2.75, 3.05) is 13.2 Å². The van der Waals surface area contributed by atoms with Gasteiger partial charge in [-0.3, -0.25) is 9.59 Å². The van der Waals surface area contributed by atoms with E-state index in [2.05, 4.69) is 34.9 Å². The third-order valence-corrected chi connectivity index (χ3v) is 7.18. The number of amides is 2. The second kappa shape index (κ2) is 10.1. The van der Waals surface area contributed by atoms with E-state index in [1.165, 1.54) is 0 Å². The monoisotopic (exact) mass is 478 g/mol. The maximum Gasteiger partial charge on any atom is 0.408 e. The molecule has 0 spiro atoms. The quantitative estimate of drug-likeness (QED) is 0.503. The molecular formula is C28H34N2O5. The molecule has 4 rings (SSSR count). The minimum Gasteiger partial charge on any atom is -0.481 e. The number of rotatable bonds is 8. The predicted molar refractivity (Wildman–Crippen MR) is 133 cm³/mol. The molecule has 1 fully saturated rings. The van der Waals surface area contributed by atoms with Crippen molar-refractivity contribution in [3.8, 4) is 11.1 Å². The van der Waals surface area contributed by atoms with Crippen LogP contribution in [0.3, 0.4) is 0 Å². The number of carbonyl (C=O) groups is 3. The summed E-state index contributed by atoms with van der Waals surface area (Å²) >= 11 is 0. The Hall–Kier alpha value is -3.35. The van der Waals surface area contributed by atoms with E-state index in [-0.39, 0.29) is 31.4 Å². The van der Waals surface area contributed by atoms with E-state index >= 15 is 0 Å². The zero-order valence-corrected chi connectivity index (χ0v) is 20.4. The minimum absolute atomic E-state index is 0.0545. The van der Waals surface area contributed by atoms with Gasteiger partial charge in [-0.2, -0.15) is 0 Å². The Morgan fingerprint density at radius 2 is 1.54 bits per heavy atom. The van der Waals surface area contributed by atoms with Crippen LogP contribution >= 0.6 is 0 Å². The van der Waals surface area contributed by atoms with Crippen molar-refractivity contribution in [3.05, 3.63) is 59.7 Å². The van der Waals surface area contributed by atoms with Gasteiger partial charge in [0.05, 0.1) is 6.42 Å². The number of hydrogen-bond acceptors (Lipinski definition) is 4. The largest absolute Gasteiger partial charge is 0.481 e. The molecule has 7 heteroatoms. The number of carboxylic acid groups (broad SMARTS) is 1. The Labute approximate surface area is 206 Å². The molecule has 0 heterocycles. The standard InChI is InChI=1S/C28H34N2O5/c1-27(2,16-24(31)32)18-29-25(33)28(14-8-3-9-15-28)30-26(34)35-17-23-21-12-6-4-10-19(21)20-11-5-7-13-22(20)23/h4-7,10-13,23H,3,8-9,14-18H2,1-2H3,(H,29,33)(H,30,34)(H,31,32). The van der Waals surface area contributed by atoms with Gasteiger partial charge in [0.1, 0.15) is 12.1 Å². The van der Waals surface area contributed by atoms with Crippen molar-refractivity contribution in [1.82, 2.24) is 10.6 Å². The van der Waals surface area contributed by atoms with E-state index in [4.69, 9.17) is 9.84 Å². The van der Waals surface area contributed by atoms with Crippen molar-refractivity contribution in [2.45, 2.75) is 63.8 Å². The van der Waals surface area contributed by atoms with Crippen molar-refractivity contribution in [2.24, 2.45) is 5.41 Å². The smallest absolute Gasteiger partial charge is 0.408 e. The first kappa shape index (κ1) is 24.8. The number of nitrogens with one attached hydrogen (secondary N) is 2. The van der Waals surface area contributed by atoms with Crippen LogP contribution in [0.1, 0.15) is 69.4 Å². The molecule has 2 aliphatic rings. The molecule has 0 aliphatic heterocycles. The molecule has 0 bridgehead atoms. The first-order chi connectivity index (χ1) is 16.7. The van der Waals surface area contributed by atoms with Crippen LogP contribution in [0.5, 0.6) is 0 Å². The molecule has 3 N–H and O–H groups in total. The van der Waals surface area contributed by atoms with E-state index in [9.17, 15) is 14.4 Å². The second-order valence-electron chi connectivity index (χ2n) is 10.5. The van der Waals surface area contributed by atoms with Gasteiger partial charge in [0, 0.05) is 12.5 Å². The van der Waals surface area contributed by atoms with Gasteiger partial charge in [0.2, 0.25) is 5.91 Å². The molecule has 7 nitrogen and oxygen atoms in total. The first-order valence-corrected chi connectivity index (χ1v) is 12.3. The zero-order chi connectivity index (χ0) is 25.1. The Morgan fingerprint density at radius 1 is 0.971 bits per heavy atom. The number of carbonyl (C=O) groups excluding carboxylic acids is 2. The number of ether oxygens (including phenoxy) is 1. The first-order valence-electron chi connectivity index (χ1n) is 12.3. The lowest BCUT2D eigenvalue weighted by atomic mass is 9.80. The summed E-state index contributed by atoms with van der Waals surface area (Å²) in [4.78, 5) is 37.3. The highest BCUT2D eigenvalue weighted by molar-refractivity contribution is 5.90. The normalized spacial score (nSPS) is 16.6. The van der Waals surface area contributed by atoms with Gasteiger partial charge in [-0.05, 0) is 40.5 Å². The van der Waals surface area contributed by atoms with Crippen LogP contribution in [0, 0.1) is 5.41 Å². The van der Waals surface area contributed by atoms with Crippen LogP contribution < -0.4 is 10.6 Å². The summed E-state index contributed by atoms with van der Waals surface area (Å²) in [5.74, 6) is -1.24. The topological polar surface area (TPSA) is 105 Å². The lowest BCUT2D eigenvalue weighted by Gasteiger charge is -2.37. The number of benzene rings is 2. The summed E-state index contributed by atoms with van der Waals surface area (Å²) in [7, 11) is 0. The van der Waals surface area contributed by atoms with Gasteiger partial charge in [-0.15, -0.1) is 0 Å². The van der Waals surface area contributed by atoms with E-state index in [0.29, 0.717) is 12.8 Å². The Morgan fingerprint density at radius 3 is 2.11 bits per heavy atom. The molecule has 0 saturated heterocycles. The Bertz CT molecular complexity index is 1060. The van der Waals surface area contributed by atoms with Crippen LogP contribution in [-0.4, -0.2) is 41.8 Å². The SMILES string of the molecule is CC(C)(CNC(=O)C1(NC(=O)OCC2c3ccccc3-c3ccccc32)CCCCC1)CC(=O)O. The number of fused-ring (bicyclic) bond motifs is 3. The van der Waals surface area contributed by atoms with Crippen LogP contribution in [-0.2, 0) is 14.3 Å². The third kappa shape index (κ3) is 5.50. The maximum absolute atomic E-state index is 13.2. The summed E-state index contributed by atoms with van der Waals surface area (Å²) in [6.07, 6.45) is 3.07. The molecule has 1 saturated carbocycles. The zero-order valence-electron chi connectivity index (χ0n) is 20.4. The van der Waals surface area contributed by atoms with Crippen LogP contribution in [0.25, 0.3) is 11.1 Å². The van der Waals surface area contributed by atoms with E-state index in [1.807, 2.05) is 24.3 Å². The molecule has 0 radical (unpaired) electrons. The van der Waals surface area contributed by atoms with Crippen molar-refractivity contribution in [3.63, 3.8) is 0 Å². The van der Waals surface area contributed by atoms with E-state index in [0.717, 1.165) is 41.5 Å². The lowest BCUT2D eigenvalue weighted by molar-refractivity contribution is -0.139. The second-order valence-corrected chi connectivity index (χ2v) is 10.5. The van der Waals surface area contributed by atoms with Gasteiger partial charge in [0.25, 0.3) is 0 Å². The van der Waals surface area contributed by atoms with Gasteiger partial charge < -0.3 is 20.5 Å². The fourth-order valence-electron chi connectivity index (χ4n) is 5.35. The average molecular weight is 479 g/mol. The number of alkyl carbamates (subject to hydrolysis) is 1. The molecule has 0 aromatic heterocycles. The van der Waals surface area contributed by atoms with Crippen molar-refractivity contribution in [1.29, 1.82) is 0 Å². The number of carboxylic acids is 1. The minimum atomic E-state index is -1.04. The highest BCUT2D eigenvalue weighted by atomic mass is 16.5. The third-order valence-electron chi connectivity index (χ3n) is 7.18. The summed E-state index contributed by atoms with van der Waals surface area (Å²) in [5, 5.41) is 14.9. The summed E-state index contributed by atoms with van der Waals surface area (Å²) in [6, 6.07) is 16.3. The highest BCUT2D eigenvalue weighted by Crippen LogP contribution is 2.44. The molecule has 2 amide bonds. The maximum atomic E-state index is 13.2. The predicted octanol–water partition coefficient (Wildman–Crippen LogP) is 4.85. The van der Waals surface area contributed by atoms with Crippen molar-refractivity contribution < 1.29 is 24.2 Å². The van der Waals surface area contributed by atoms with Gasteiger partial charge in [-0.25, -0.2) is 4.79 Å². The lowest BCUT2D eigenvalue weighted by Crippen LogP contribution is -2.60. The van der Waals surface area contributed by atoms with Crippen LogP contribution in [0.15, 0.2) is 48.5 Å². The molecule has 2 aliphatic carbocycles. The molecule has 35 heavy (non-hydrogen) atoms. The Kier molecular flexibility index (Phi) is 7.15. The van der Waals surface area contributed by atoms with E-state index < -0.39 is 23.0 Å². The summed E-state index contributed by atoms with van der Waals surface area (Å²) in [6.45, 7) is 4.00. The summed E-state index contributed by atoms with van der Waals surface area (Å²) < 4.78 is 5.71. The van der Waals surface area contributed by atoms with Gasteiger partial charge >= 0.3 is 12.1 Å². The van der Waals surface area contributed by atoms with Crippen molar-refractivity contribution >= 4 is 18.0 Å². The molecule has 2 aromatic rings. The summed E-state index contributed by atoms with van der Waals surface area (Å²) in [5.41, 5.74) is 2.94.